The van der Waals surface area contributed by atoms with E-state index in [4.69, 9.17) is 0 Å². The normalized spacial score (nSPS) is 27.2. The van der Waals surface area contributed by atoms with Crippen molar-refractivity contribution < 1.29 is 0 Å². The van der Waals surface area contributed by atoms with Gasteiger partial charge in [-0.25, -0.2) is 0 Å². The third-order valence-electron chi connectivity index (χ3n) is 4.56. The first-order valence-corrected chi connectivity index (χ1v) is 8.16. The maximum Gasteiger partial charge on any atom is 0.0249 e. The molecule has 0 bridgehead atoms. The predicted molar refractivity (Wildman–Crippen MR) is 81.1 cm³/mol. The monoisotopic (exact) mass is 254 g/mol. The van der Waals surface area contributed by atoms with Gasteiger partial charge in [0.15, 0.2) is 0 Å². The molecule has 0 saturated heterocycles. The Balaban J connectivity index is 2.59. The zero-order chi connectivity index (χ0) is 13.4. The summed E-state index contributed by atoms with van der Waals surface area (Å²) >= 11 is 0. The van der Waals surface area contributed by atoms with Crippen LogP contribution in [-0.4, -0.2) is 36.6 Å². The zero-order valence-corrected chi connectivity index (χ0v) is 13.0. The van der Waals surface area contributed by atoms with Gasteiger partial charge in [0.05, 0.1) is 0 Å². The molecule has 0 radical (unpaired) electrons. The van der Waals surface area contributed by atoms with Crippen molar-refractivity contribution in [2.45, 2.75) is 90.3 Å². The minimum absolute atomic E-state index is 0.719. The summed E-state index contributed by atoms with van der Waals surface area (Å²) in [6, 6.07) is 2.20. The van der Waals surface area contributed by atoms with Gasteiger partial charge in [0.1, 0.15) is 0 Å². The minimum Gasteiger partial charge on any atom is -0.312 e. The molecule has 0 aromatic rings. The largest absolute Gasteiger partial charge is 0.312 e. The van der Waals surface area contributed by atoms with E-state index < -0.39 is 0 Å². The highest BCUT2D eigenvalue weighted by Gasteiger charge is 2.28. The Morgan fingerprint density at radius 2 is 1.83 bits per heavy atom. The van der Waals surface area contributed by atoms with Gasteiger partial charge in [0, 0.05) is 18.1 Å². The lowest BCUT2D eigenvalue weighted by Crippen LogP contribution is -2.51. The molecule has 2 nitrogen and oxygen atoms in total. The Hall–Kier alpha value is -0.0800. The van der Waals surface area contributed by atoms with E-state index in [1.54, 1.807) is 0 Å². The maximum atomic E-state index is 3.80. The van der Waals surface area contributed by atoms with Crippen molar-refractivity contribution in [2.24, 2.45) is 0 Å². The number of nitrogens with zero attached hydrogens (tertiary/aromatic N) is 1. The summed E-state index contributed by atoms with van der Waals surface area (Å²) in [5.41, 5.74) is 0. The molecule has 1 rings (SSSR count). The van der Waals surface area contributed by atoms with Gasteiger partial charge in [-0.1, -0.05) is 39.5 Å². The molecule has 0 amide bonds. The van der Waals surface area contributed by atoms with Crippen LogP contribution in [0.3, 0.4) is 0 Å². The SMILES string of the molecule is CCCNC1CCCCCC1N(C)C(C)CCC. The molecule has 1 fully saturated rings. The van der Waals surface area contributed by atoms with Crippen molar-refractivity contribution in [2.75, 3.05) is 13.6 Å². The first-order chi connectivity index (χ1) is 8.70. The van der Waals surface area contributed by atoms with E-state index in [-0.39, 0.29) is 0 Å². The van der Waals surface area contributed by atoms with E-state index in [2.05, 4.69) is 38.0 Å². The summed E-state index contributed by atoms with van der Waals surface area (Å²) in [7, 11) is 2.34. The van der Waals surface area contributed by atoms with E-state index in [0.717, 1.165) is 18.1 Å². The molecular weight excluding hydrogens is 220 g/mol. The fourth-order valence-corrected chi connectivity index (χ4v) is 3.29. The molecule has 18 heavy (non-hydrogen) atoms. The Morgan fingerprint density at radius 3 is 2.50 bits per heavy atom. The fourth-order valence-electron chi connectivity index (χ4n) is 3.29. The van der Waals surface area contributed by atoms with E-state index in [1.807, 2.05) is 0 Å². The maximum absolute atomic E-state index is 3.80. The van der Waals surface area contributed by atoms with E-state index in [9.17, 15) is 0 Å². The molecule has 1 N–H and O–H groups in total. The van der Waals surface area contributed by atoms with Gasteiger partial charge in [0.25, 0.3) is 0 Å². The van der Waals surface area contributed by atoms with Crippen molar-refractivity contribution >= 4 is 0 Å². The van der Waals surface area contributed by atoms with E-state index >= 15 is 0 Å². The summed E-state index contributed by atoms with van der Waals surface area (Å²) in [5.74, 6) is 0. The average Bonchev–Trinajstić information content (AvgIpc) is 2.60. The molecule has 2 heteroatoms. The third kappa shape index (κ3) is 4.89. The minimum atomic E-state index is 0.719. The van der Waals surface area contributed by atoms with Crippen LogP contribution < -0.4 is 5.32 Å². The quantitative estimate of drug-likeness (QED) is 0.695. The second-order valence-corrected chi connectivity index (χ2v) is 6.07. The van der Waals surface area contributed by atoms with Crippen molar-refractivity contribution in [3.63, 3.8) is 0 Å². The number of rotatable bonds is 7. The molecule has 1 aliphatic rings. The molecule has 0 heterocycles. The number of likely N-dealkylation sites (N-methyl/N-ethyl adjacent to an activating group) is 1. The average molecular weight is 254 g/mol. The lowest BCUT2D eigenvalue weighted by molar-refractivity contribution is 0.132. The Bertz CT molecular complexity index is 205. The highest BCUT2D eigenvalue weighted by Crippen LogP contribution is 2.24. The predicted octanol–water partition coefficient (Wildman–Crippen LogP) is 3.81. The lowest BCUT2D eigenvalue weighted by Gasteiger charge is -2.38. The molecular formula is C16H34N2. The van der Waals surface area contributed by atoms with Gasteiger partial charge >= 0.3 is 0 Å². The first-order valence-electron chi connectivity index (χ1n) is 8.16. The van der Waals surface area contributed by atoms with E-state index in [0.29, 0.717) is 0 Å². The standard InChI is InChI=1S/C16H34N2/c1-5-10-14(3)18(4)16-12-9-7-8-11-15(16)17-13-6-2/h14-17H,5-13H2,1-4H3. The Morgan fingerprint density at radius 1 is 1.11 bits per heavy atom. The second kappa shape index (κ2) is 8.92. The van der Waals surface area contributed by atoms with Crippen LogP contribution in [0.2, 0.25) is 0 Å². The number of hydrogen-bond acceptors (Lipinski definition) is 2. The molecule has 3 unspecified atom stereocenters. The van der Waals surface area contributed by atoms with Gasteiger partial charge < -0.3 is 5.32 Å². The molecule has 1 saturated carbocycles. The second-order valence-electron chi connectivity index (χ2n) is 6.07. The van der Waals surface area contributed by atoms with Crippen molar-refractivity contribution in [3.05, 3.63) is 0 Å². The van der Waals surface area contributed by atoms with Crippen LogP contribution in [0.25, 0.3) is 0 Å². The van der Waals surface area contributed by atoms with Crippen LogP contribution in [0.15, 0.2) is 0 Å². The molecule has 108 valence electrons. The molecule has 0 aromatic heterocycles. The van der Waals surface area contributed by atoms with Gasteiger partial charge in [-0.3, -0.25) is 4.90 Å². The summed E-state index contributed by atoms with van der Waals surface area (Å²) in [6.45, 7) is 8.13. The third-order valence-corrected chi connectivity index (χ3v) is 4.56. The van der Waals surface area contributed by atoms with Crippen LogP contribution in [0.1, 0.15) is 72.1 Å². The van der Waals surface area contributed by atoms with Crippen LogP contribution in [-0.2, 0) is 0 Å². The summed E-state index contributed by atoms with van der Waals surface area (Å²) < 4.78 is 0. The lowest BCUT2D eigenvalue weighted by atomic mass is 9.99. The number of nitrogens with one attached hydrogen (secondary N) is 1. The van der Waals surface area contributed by atoms with Crippen LogP contribution >= 0.6 is 0 Å². The van der Waals surface area contributed by atoms with Gasteiger partial charge in [0.2, 0.25) is 0 Å². The van der Waals surface area contributed by atoms with Gasteiger partial charge in [-0.05, 0) is 46.2 Å². The van der Waals surface area contributed by atoms with Crippen molar-refractivity contribution in [3.8, 4) is 0 Å². The molecule has 3 atom stereocenters. The van der Waals surface area contributed by atoms with Crippen molar-refractivity contribution in [1.29, 1.82) is 0 Å². The van der Waals surface area contributed by atoms with Crippen LogP contribution in [0.4, 0.5) is 0 Å². The first kappa shape index (κ1) is 16.0. The van der Waals surface area contributed by atoms with E-state index in [1.165, 1.54) is 57.9 Å². The smallest absolute Gasteiger partial charge is 0.0249 e. The topological polar surface area (TPSA) is 15.3 Å². The zero-order valence-electron chi connectivity index (χ0n) is 13.0. The summed E-state index contributed by atoms with van der Waals surface area (Å²) in [4.78, 5) is 2.65. The van der Waals surface area contributed by atoms with Gasteiger partial charge in [-0.15, -0.1) is 0 Å². The van der Waals surface area contributed by atoms with Crippen LogP contribution in [0, 0.1) is 0 Å². The molecule has 0 spiro atoms. The molecule has 0 aromatic carbocycles. The molecule has 1 aliphatic carbocycles. The number of hydrogen-bond donors (Lipinski definition) is 1. The van der Waals surface area contributed by atoms with Crippen LogP contribution in [0.5, 0.6) is 0 Å². The highest BCUT2D eigenvalue weighted by atomic mass is 15.2. The van der Waals surface area contributed by atoms with Crippen molar-refractivity contribution in [1.82, 2.24) is 10.2 Å². The summed E-state index contributed by atoms with van der Waals surface area (Å²) in [6.07, 6.45) is 10.9. The van der Waals surface area contributed by atoms with Gasteiger partial charge in [-0.2, -0.15) is 0 Å². The summed E-state index contributed by atoms with van der Waals surface area (Å²) in [5, 5.41) is 3.80. The molecule has 0 aliphatic heterocycles. The Kier molecular flexibility index (Phi) is 7.92. The fraction of sp³-hybridized carbons (Fsp3) is 1.00. The Labute approximate surface area is 115 Å². The highest BCUT2D eigenvalue weighted by molar-refractivity contribution is 4.87.